The Morgan fingerprint density at radius 3 is 1.74 bits per heavy atom. The molecule has 0 spiro atoms. The molecule has 8 atom stereocenters. The van der Waals surface area contributed by atoms with Crippen molar-refractivity contribution in [1.29, 1.82) is 0 Å². The molecule has 0 saturated heterocycles. The average Bonchev–Trinajstić information content (AvgIpc) is 3.04. The molecule has 0 bridgehead atoms. The van der Waals surface area contributed by atoms with Gasteiger partial charge in [0.2, 0.25) is 3.79 Å². The Kier molecular flexibility index (Phi) is 13.9. The second-order valence-electron chi connectivity index (χ2n) is 11.2. The van der Waals surface area contributed by atoms with Crippen LogP contribution in [0, 0.1) is 11.8 Å². The number of alkyl halides is 3. The molecule has 250 valence electrons. The van der Waals surface area contributed by atoms with Crippen LogP contribution in [0.2, 0.25) is 0 Å². The van der Waals surface area contributed by atoms with Crippen LogP contribution in [-0.4, -0.2) is 77.3 Å². The van der Waals surface area contributed by atoms with Gasteiger partial charge in [0.1, 0.15) is 24.9 Å². The fourth-order valence-electron chi connectivity index (χ4n) is 4.95. The van der Waals surface area contributed by atoms with Gasteiger partial charge in [-0.25, -0.2) is 9.59 Å². The minimum absolute atomic E-state index is 0.146. The number of hydrogen-bond acceptors (Lipinski definition) is 9. The molecule has 2 heterocycles. The van der Waals surface area contributed by atoms with Crippen molar-refractivity contribution in [3.05, 3.63) is 96.1 Å². The number of hydrogen-bond donors (Lipinski definition) is 1. The van der Waals surface area contributed by atoms with Gasteiger partial charge < -0.3 is 33.5 Å². The van der Waals surface area contributed by atoms with Gasteiger partial charge in [-0.15, -0.1) is 0 Å². The summed E-state index contributed by atoms with van der Waals surface area (Å²) in [6, 6.07) is 19.2. The highest BCUT2D eigenvalue weighted by Gasteiger charge is 2.41. The highest BCUT2D eigenvalue weighted by Crippen LogP contribution is 2.29. The molecule has 2 aromatic carbocycles. The minimum Gasteiger partial charge on any atom is -0.459 e. The van der Waals surface area contributed by atoms with Gasteiger partial charge in [0.05, 0.1) is 32.5 Å². The van der Waals surface area contributed by atoms with Gasteiger partial charge in [-0.2, -0.15) is 0 Å². The van der Waals surface area contributed by atoms with Crippen LogP contribution < -0.4 is 0 Å². The van der Waals surface area contributed by atoms with Crippen LogP contribution in [0.5, 0.6) is 0 Å². The molecule has 0 aromatic heterocycles. The summed E-state index contributed by atoms with van der Waals surface area (Å²) in [6.45, 7) is 3.77. The zero-order valence-electron chi connectivity index (χ0n) is 25.6. The molecular formula is C34H39Cl3O9. The normalized spacial score (nSPS) is 25.9. The van der Waals surface area contributed by atoms with Crippen molar-refractivity contribution < 1.29 is 43.1 Å². The van der Waals surface area contributed by atoms with E-state index in [1.54, 1.807) is 38.2 Å². The second kappa shape index (κ2) is 17.6. The lowest BCUT2D eigenvalue weighted by Gasteiger charge is -2.35. The maximum absolute atomic E-state index is 13.5. The van der Waals surface area contributed by atoms with Crippen molar-refractivity contribution in [3.63, 3.8) is 0 Å². The quantitative estimate of drug-likeness (QED) is 0.155. The number of aliphatic hydroxyl groups is 1. The molecule has 0 radical (unpaired) electrons. The average molecular weight is 698 g/mol. The van der Waals surface area contributed by atoms with E-state index in [0.717, 1.165) is 11.1 Å². The maximum atomic E-state index is 13.5. The largest absolute Gasteiger partial charge is 0.459 e. The molecule has 1 N–H and O–H groups in total. The maximum Gasteiger partial charge on any atom is 0.336 e. The summed E-state index contributed by atoms with van der Waals surface area (Å²) in [5.41, 5.74) is 1.96. The van der Waals surface area contributed by atoms with Crippen LogP contribution >= 0.6 is 34.8 Å². The van der Waals surface area contributed by atoms with Crippen LogP contribution in [0.25, 0.3) is 0 Å². The van der Waals surface area contributed by atoms with Gasteiger partial charge in [0.25, 0.3) is 0 Å². The van der Waals surface area contributed by atoms with Gasteiger partial charge in [-0.1, -0.05) is 120 Å². The zero-order chi connectivity index (χ0) is 33.1. The lowest BCUT2D eigenvalue weighted by atomic mass is 9.96. The summed E-state index contributed by atoms with van der Waals surface area (Å²) in [5.74, 6) is -2.38. The summed E-state index contributed by atoms with van der Waals surface area (Å²) in [4.78, 5) is 26.6. The fourth-order valence-corrected chi connectivity index (χ4v) is 5.12. The third-order valence-electron chi connectivity index (χ3n) is 7.41. The van der Waals surface area contributed by atoms with Crippen molar-refractivity contribution in [2.24, 2.45) is 11.8 Å². The molecule has 2 aliphatic rings. The molecule has 0 amide bonds. The molecule has 2 aromatic rings. The summed E-state index contributed by atoms with van der Waals surface area (Å²) >= 11 is 17.4. The highest BCUT2D eigenvalue weighted by molar-refractivity contribution is 6.67. The molecule has 9 nitrogen and oxygen atoms in total. The molecule has 0 saturated carbocycles. The Bertz CT molecular complexity index is 1300. The Balaban J connectivity index is 1.40. The van der Waals surface area contributed by atoms with Gasteiger partial charge in [0.15, 0.2) is 12.2 Å². The number of ether oxygens (including phenoxy) is 6. The molecule has 0 fully saturated rings. The molecule has 0 aliphatic carbocycles. The highest BCUT2D eigenvalue weighted by atomic mass is 35.6. The Morgan fingerprint density at radius 1 is 0.761 bits per heavy atom. The number of esters is 2. The first kappa shape index (κ1) is 36.4. The predicted molar refractivity (Wildman–Crippen MR) is 173 cm³/mol. The van der Waals surface area contributed by atoms with Crippen LogP contribution in [0.1, 0.15) is 25.0 Å². The second-order valence-corrected chi connectivity index (χ2v) is 13.8. The SMILES string of the molecule is C[C@H](O)[C@H]1C=C[C@@H](COCc2ccccc2)[C@@H](C(=O)O[C@@H](C)[C@H]2C=C[C@@H](COCc3ccccc3)[C@@H](C(=O)OCC(Cl)(Cl)Cl)O2)O1. The topological polar surface area (TPSA) is 110 Å². The number of halogens is 3. The lowest BCUT2D eigenvalue weighted by Crippen LogP contribution is -2.48. The summed E-state index contributed by atoms with van der Waals surface area (Å²) < 4.78 is 33.1. The van der Waals surface area contributed by atoms with Gasteiger partial charge in [0, 0.05) is 11.8 Å². The number of benzene rings is 2. The van der Waals surface area contributed by atoms with Crippen LogP contribution in [0.3, 0.4) is 0 Å². The number of aliphatic hydroxyl groups excluding tert-OH is 1. The Hall–Kier alpha value is -2.47. The van der Waals surface area contributed by atoms with E-state index in [0.29, 0.717) is 13.2 Å². The van der Waals surface area contributed by atoms with Crippen molar-refractivity contribution in [2.75, 3.05) is 19.8 Å². The van der Waals surface area contributed by atoms with Crippen LogP contribution in [0.4, 0.5) is 0 Å². The Labute approximate surface area is 284 Å². The third-order valence-corrected chi connectivity index (χ3v) is 7.74. The molecule has 46 heavy (non-hydrogen) atoms. The minimum atomic E-state index is -1.80. The summed E-state index contributed by atoms with van der Waals surface area (Å²) in [6.07, 6.45) is 1.67. The monoisotopic (exact) mass is 696 g/mol. The van der Waals surface area contributed by atoms with Crippen molar-refractivity contribution in [2.45, 2.75) is 67.5 Å². The number of rotatable bonds is 14. The van der Waals surface area contributed by atoms with E-state index in [-0.39, 0.29) is 13.2 Å². The molecule has 0 unspecified atom stereocenters. The summed E-state index contributed by atoms with van der Waals surface area (Å²) in [7, 11) is 0. The predicted octanol–water partition coefficient (Wildman–Crippen LogP) is 5.53. The van der Waals surface area contributed by atoms with Gasteiger partial charge in [-0.05, 0) is 25.0 Å². The number of carbonyl (C=O) groups excluding carboxylic acids is 2. The van der Waals surface area contributed by atoms with E-state index in [1.807, 2.05) is 60.7 Å². The smallest absolute Gasteiger partial charge is 0.336 e. The van der Waals surface area contributed by atoms with E-state index in [2.05, 4.69) is 0 Å². The third kappa shape index (κ3) is 11.3. The van der Waals surface area contributed by atoms with E-state index in [1.165, 1.54) is 0 Å². The molecule has 2 aliphatic heterocycles. The van der Waals surface area contributed by atoms with E-state index < -0.39 is 70.8 Å². The van der Waals surface area contributed by atoms with E-state index in [4.69, 9.17) is 63.2 Å². The number of carbonyl (C=O) groups is 2. The van der Waals surface area contributed by atoms with E-state index >= 15 is 0 Å². The first-order valence-corrected chi connectivity index (χ1v) is 16.2. The van der Waals surface area contributed by atoms with Crippen molar-refractivity contribution in [3.8, 4) is 0 Å². The van der Waals surface area contributed by atoms with Crippen LogP contribution in [-0.2, 0) is 51.2 Å². The van der Waals surface area contributed by atoms with Crippen molar-refractivity contribution >= 4 is 46.7 Å². The fraction of sp³-hybridized carbons (Fsp3) is 0.471. The Morgan fingerprint density at radius 2 is 1.24 bits per heavy atom. The first-order chi connectivity index (χ1) is 22.0. The lowest BCUT2D eigenvalue weighted by molar-refractivity contribution is -0.186. The van der Waals surface area contributed by atoms with Crippen molar-refractivity contribution in [1.82, 2.24) is 0 Å². The molecule has 12 heteroatoms. The van der Waals surface area contributed by atoms with Gasteiger partial charge >= 0.3 is 11.9 Å². The van der Waals surface area contributed by atoms with Gasteiger partial charge in [-0.3, -0.25) is 0 Å². The molecular weight excluding hydrogens is 659 g/mol. The standard InChI is InChI=1S/C34H39Cl3O9/c1-22(38)28-15-13-27(20-42-18-25-11-7-4-8-12-25)31(45-28)33(40)44-23(2)29-16-14-26(19-41-17-24-9-5-3-6-10-24)30(46-29)32(39)43-21-34(35,36)37/h3-16,22-23,26-31,38H,17-21H2,1-2H3/t22-,23-,26-,27-,28+,29+,30-,31-/m0/s1. The van der Waals surface area contributed by atoms with E-state index in [9.17, 15) is 14.7 Å². The summed E-state index contributed by atoms with van der Waals surface area (Å²) in [5, 5.41) is 10.1. The first-order valence-electron chi connectivity index (χ1n) is 15.0. The zero-order valence-corrected chi connectivity index (χ0v) is 27.9. The molecule has 4 rings (SSSR count). The van der Waals surface area contributed by atoms with Crippen LogP contribution in [0.15, 0.2) is 85.0 Å².